The first-order chi connectivity index (χ1) is 11.7. The van der Waals surface area contributed by atoms with Gasteiger partial charge in [-0.2, -0.15) is 0 Å². The average molecular weight is 346 g/mol. The minimum Gasteiger partial charge on any atom is -0.352 e. The second kappa shape index (κ2) is 8.08. The molecule has 0 bridgehead atoms. The Morgan fingerprint density at radius 3 is 2.92 bits per heavy atom. The molecule has 1 aliphatic rings. The van der Waals surface area contributed by atoms with Crippen molar-refractivity contribution in [3.8, 4) is 0 Å². The van der Waals surface area contributed by atoms with Gasteiger partial charge in [-0.25, -0.2) is 4.98 Å². The van der Waals surface area contributed by atoms with Crippen molar-refractivity contribution in [1.29, 1.82) is 0 Å². The van der Waals surface area contributed by atoms with Crippen molar-refractivity contribution >= 4 is 27.5 Å². The Hall–Kier alpha value is -1.46. The Morgan fingerprint density at radius 1 is 1.38 bits per heavy atom. The monoisotopic (exact) mass is 345 g/mol. The molecule has 1 aromatic heterocycles. The quantitative estimate of drug-likeness (QED) is 0.866. The lowest BCUT2D eigenvalue weighted by atomic mass is 9.98. The highest BCUT2D eigenvalue weighted by molar-refractivity contribution is 7.18. The zero-order valence-corrected chi connectivity index (χ0v) is 15.4. The fraction of sp³-hybridized carbons (Fsp3) is 0.579. The number of amides is 1. The number of piperidine rings is 1. The van der Waals surface area contributed by atoms with Crippen LogP contribution < -0.4 is 5.32 Å². The largest absolute Gasteiger partial charge is 0.352 e. The van der Waals surface area contributed by atoms with Gasteiger partial charge in [0.05, 0.1) is 21.8 Å². The number of likely N-dealkylation sites (tertiary alicyclic amines) is 1. The van der Waals surface area contributed by atoms with Crippen LogP contribution in [0.1, 0.15) is 50.5 Å². The van der Waals surface area contributed by atoms with Crippen LogP contribution >= 0.6 is 11.3 Å². The number of nitrogens with zero attached hydrogens (tertiary/aromatic N) is 2. The van der Waals surface area contributed by atoms with E-state index in [1.807, 2.05) is 6.07 Å². The van der Waals surface area contributed by atoms with Crippen LogP contribution in [0.25, 0.3) is 10.2 Å². The van der Waals surface area contributed by atoms with Crippen molar-refractivity contribution in [1.82, 2.24) is 15.2 Å². The van der Waals surface area contributed by atoms with Crippen LogP contribution in [0.5, 0.6) is 0 Å². The minimum atomic E-state index is 0.161. The summed E-state index contributed by atoms with van der Waals surface area (Å²) in [7, 11) is 0. The van der Waals surface area contributed by atoms with Crippen LogP contribution in [-0.4, -0.2) is 41.5 Å². The third kappa shape index (κ3) is 4.14. The molecule has 0 unspecified atom stereocenters. The molecule has 1 aliphatic heterocycles. The van der Waals surface area contributed by atoms with Crippen molar-refractivity contribution in [2.45, 2.75) is 51.5 Å². The summed E-state index contributed by atoms with van der Waals surface area (Å²) >= 11 is 1.80. The van der Waals surface area contributed by atoms with Crippen LogP contribution in [-0.2, 0) is 4.79 Å². The Labute approximate surface area is 148 Å². The Bertz CT molecular complexity index is 647. The van der Waals surface area contributed by atoms with Gasteiger partial charge in [0.1, 0.15) is 0 Å². The number of aromatic nitrogens is 1. The lowest BCUT2D eigenvalue weighted by Gasteiger charge is -2.31. The first-order valence-electron chi connectivity index (χ1n) is 9.06. The lowest BCUT2D eigenvalue weighted by molar-refractivity contribution is -0.123. The molecule has 24 heavy (non-hydrogen) atoms. The number of rotatable bonds is 6. The number of nitrogens with one attached hydrogen (secondary N) is 1. The van der Waals surface area contributed by atoms with E-state index in [1.165, 1.54) is 16.1 Å². The first-order valence-corrected chi connectivity index (χ1v) is 9.88. The van der Waals surface area contributed by atoms with Crippen molar-refractivity contribution < 1.29 is 4.79 Å². The molecule has 2 aromatic rings. The SMILES string of the molecule is CCC(CC)NC(=O)CN1CCC[C@@H](c2nc3ccccc3s2)C1. The van der Waals surface area contributed by atoms with E-state index in [0.717, 1.165) is 37.9 Å². The average Bonchev–Trinajstić information content (AvgIpc) is 3.04. The first kappa shape index (κ1) is 17.4. The van der Waals surface area contributed by atoms with Gasteiger partial charge in [0.15, 0.2) is 0 Å². The van der Waals surface area contributed by atoms with Gasteiger partial charge < -0.3 is 5.32 Å². The number of carbonyl (C=O) groups is 1. The van der Waals surface area contributed by atoms with Gasteiger partial charge in [-0.15, -0.1) is 11.3 Å². The molecular formula is C19H27N3OS. The van der Waals surface area contributed by atoms with Crippen LogP contribution in [0, 0.1) is 0 Å². The van der Waals surface area contributed by atoms with E-state index in [4.69, 9.17) is 4.98 Å². The molecule has 1 N–H and O–H groups in total. The zero-order valence-electron chi connectivity index (χ0n) is 14.6. The van der Waals surface area contributed by atoms with E-state index in [9.17, 15) is 4.79 Å². The third-order valence-electron chi connectivity index (χ3n) is 4.88. The van der Waals surface area contributed by atoms with Crippen molar-refractivity contribution in [2.24, 2.45) is 0 Å². The lowest BCUT2D eigenvalue weighted by Crippen LogP contribution is -2.44. The molecule has 1 fully saturated rings. The maximum atomic E-state index is 12.3. The van der Waals surface area contributed by atoms with Gasteiger partial charge in [0.25, 0.3) is 0 Å². The molecule has 4 nitrogen and oxygen atoms in total. The molecule has 2 heterocycles. The molecule has 1 saturated heterocycles. The van der Waals surface area contributed by atoms with E-state index in [0.29, 0.717) is 18.5 Å². The summed E-state index contributed by atoms with van der Waals surface area (Å²) in [6.45, 7) is 6.71. The highest BCUT2D eigenvalue weighted by Gasteiger charge is 2.25. The fourth-order valence-corrected chi connectivity index (χ4v) is 4.53. The van der Waals surface area contributed by atoms with Gasteiger partial charge in [0.2, 0.25) is 5.91 Å². The molecule has 0 saturated carbocycles. The maximum Gasteiger partial charge on any atom is 0.234 e. The molecule has 1 aromatic carbocycles. The van der Waals surface area contributed by atoms with E-state index in [2.05, 4.69) is 42.3 Å². The third-order valence-corrected chi connectivity index (χ3v) is 6.08. The van der Waals surface area contributed by atoms with Gasteiger partial charge in [0, 0.05) is 18.5 Å². The predicted molar refractivity (Wildman–Crippen MR) is 101 cm³/mol. The van der Waals surface area contributed by atoms with Crippen molar-refractivity contribution in [3.63, 3.8) is 0 Å². The van der Waals surface area contributed by atoms with Crippen molar-refractivity contribution in [3.05, 3.63) is 29.3 Å². The van der Waals surface area contributed by atoms with Crippen LogP contribution in [0.15, 0.2) is 24.3 Å². The van der Waals surface area contributed by atoms with Gasteiger partial charge in [-0.3, -0.25) is 9.69 Å². The second-order valence-electron chi connectivity index (χ2n) is 6.68. The molecule has 0 spiro atoms. The predicted octanol–water partition coefficient (Wildman–Crippen LogP) is 3.78. The van der Waals surface area contributed by atoms with E-state index in [-0.39, 0.29) is 5.91 Å². The smallest absolute Gasteiger partial charge is 0.234 e. The Kier molecular flexibility index (Phi) is 5.85. The van der Waals surface area contributed by atoms with E-state index >= 15 is 0 Å². The topological polar surface area (TPSA) is 45.2 Å². The Morgan fingerprint density at radius 2 is 2.17 bits per heavy atom. The summed E-state index contributed by atoms with van der Waals surface area (Å²) in [6, 6.07) is 8.64. The molecular weight excluding hydrogens is 318 g/mol. The highest BCUT2D eigenvalue weighted by Crippen LogP contribution is 2.32. The van der Waals surface area contributed by atoms with E-state index < -0.39 is 0 Å². The van der Waals surface area contributed by atoms with Gasteiger partial charge in [-0.1, -0.05) is 26.0 Å². The molecule has 0 aliphatic carbocycles. The fourth-order valence-electron chi connectivity index (χ4n) is 3.43. The van der Waals surface area contributed by atoms with Gasteiger partial charge in [-0.05, 0) is 44.4 Å². The van der Waals surface area contributed by atoms with Crippen LogP contribution in [0.4, 0.5) is 0 Å². The number of hydrogen-bond donors (Lipinski definition) is 1. The molecule has 3 rings (SSSR count). The summed E-state index contributed by atoms with van der Waals surface area (Å²) < 4.78 is 1.26. The summed E-state index contributed by atoms with van der Waals surface area (Å²) in [4.78, 5) is 19.4. The summed E-state index contributed by atoms with van der Waals surface area (Å²) in [6.07, 6.45) is 4.30. The standard InChI is InChI=1S/C19H27N3OS/c1-3-15(4-2)20-18(23)13-22-11-7-8-14(12-22)19-21-16-9-5-6-10-17(16)24-19/h5-6,9-10,14-15H,3-4,7-8,11-13H2,1-2H3,(H,20,23)/t14-/m1/s1. The molecule has 5 heteroatoms. The number of carbonyl (C=O) groups excluding carboxylic acids is 1. The number of fused-ring (bicyclic) bond motifs is 1. The minimum absolute atomic E-state index is 0.161. The molecule has 0 radical (unpaired) electrons. The van der Waals surface area contributed by atoms with Gasteiger partial charge >= 0.3 is 0 Å². The molecule has 1 amide bonds. The zero-order chi connectivity index (χ0) is 16.9. The maximum absolute atomic E-state index is 12.3. The molecule has 130 valence electrons. The second-order valence-corrected chi connectivity index (χ2v) is 7.74. The highest BCUT2D eigenvalue weighted by atomic mass is 32.1. The van der Waals surface area contributed by atoms with E-state index in [1.54, 1.807) is 11.3 Å². The number of para-hydroxylation sites is 1. The number of benzene rings is 1. The summed E-state index contributed by atoms with van der Waals surface area (Å²) in [5.74, 6) is 0.616. The summed E-state index contributed by atoms with van der Waals surface area (Å²) in [5.41, 5.74) is 1.10. The summed E-state index contributed by atoms with van der Waals surface area (Å²) in [5, 5.41) is 4.37. The van der Waals surface area contributed by atoms with Crippen LogP contribution in [0.3, 0.4) is 0 Å². The van der Waals surface area contributed by atoms with Crippen molar-refractivity contribution in [2.75, 3.05) is 19.6 Å². The number of hydrogen-bond acceptors (Lipinski definition) is 4. The Balaban J connectivity index is 1.60. The molecule has 1 atom stereocenters. The van der Waals surface area contributed by atoms with Crippen LogP contribution in [0.2, 0.25) is 0 Å². The normalized spacial score (nSPS) is 19.0. The number of thiazole rings is 1.